The average molecular weight is 284 g/mol. The SMILES string of the molecule is CCC1(O)CN(C(=O)c2ccccc2Br)C1. The van der Waals surface area contributed by atoms with Crippen LogP contribution in [0.15, 0.2) is 28.7 Å². The van der Waals surface area contributed by atoms with Crippen molar-refractivity contribution in [2.45, 2.75) is 18.9 Å². The molecule has 1 aliphatic heterocycles. The molecule has 0 aliphatic carbocycles. The van der Waals surface area contributed by atoms with Crippen molar-refractivity contribution >= 4 is 21.8 Å². The Bertz CT molecular complexity index is 413. The predicted molar refractivity (Wildman–Crippen MR) is 65.3 cm³/mol. The van der Waals surface area contributed by atoms with Crippen LogP contribution in [0.3, 0.4) is 0 Å². The van der Waals surface area contributed by atoms with Crippen molar-refractivity contribution in [2.24, 2.45) is 0 Å². The number of hydrogen-bond acceptors (Lipinski definition) is 2. The fraction of sp³-hybridized carbons (Fsp3) is 0.417. The molecule has 0 atom stereocenters. The van der Waals surface area contributed by atoms with Crippen molar-refractivity contribution in [3.8, 4) is 0 Å². The summed E-state index contributed by atoms with van der Waals surface area (Å²) in [5.41, 5.74) is -0.0163. The minimum Gasteiger partial charge on any atom is -0.386 e. The Morgan fingerprint density at radius 1 is 1.50 bits per heavy atom. The van der Waals surface area contributed by atoms with E-state index in [1.165, 1.54) is 0 Å². The first-order chi connectivity index (χ1) is 7.56. The first-order valence-corrected chi connectivity index (χ1v) is 6.11. The minimum absolute atomic E-state index is 0.0226. The molecule has 0 spiro atoms. The number of carbonyl (C=O) groups excluding carboxylic acids is 1. The highest BCUT2D eigenvalue weighted by atomic mass is 79.9. The van der Waals surface area contributed by atoms with Crippen LogP contribution in [0.1, 0.15) is 23.7 Å². The molecule has 0 aromatic heterocycles. The van der Waals surface area contributed by atoms with Crippen LogP contribution in [0, 0.1) is 0 Å². The molecule has 1 saturated heterocycles. The first-order valence-electron chi connectivity index (χ1n) is 5.32. The van der Waals surface area contributed by atoms with Gasteiger partial charge in [-0.3, -0.25) is 4.79 Å². The summed E-state index contributed by atoms with van der Waals surface area (Å²) in [4.78, 5) is 13.7. The van der Waals surface area contributed by atoms with Gasteiger partial charge in [0, 0.05) is 4.47 Å². The van der Waals surface area contributed by atoms with Gasteiger partial charge in [-0.05, 0) is 34.5 Å². The van der Waals surface area contributed by atoms with Gasteiger partial charge in [0.2, 0.25) is 0 Å². The molecule has 0 radical (unpaired) electrons. The summed E-state index contributed by atoms with van der Waals surface area (Å²) in [5, 5.41) is 9.85. The van der Waals surface area contributed by atoms with Crippen molar-refractivity contribution < 1.29 is 9.90 Å². The highest BCUT2D eigenvalue weighted by Gasteiger charge is 2.42. The number of halogens is 1. The Balaban J connectivity index is 2.09. The molecule has 1 N–H and O–H groups in total. The Kier molecular flexibility index (Phi) is 3.04. The van der Waals surface area contributed by atoms with Crippen LogP contribution < -0.4 is 0 Å². The number of rotatable bonds is 2. The van der Waals surface area contributed by atoms with Crippen molar-refractivity contribution in [1.82, 2.24) is 4.90 Å². The summed E-state index contributed by atoms with van der Waals surface area (Å²) in [6.45, 7) is 2.80. The van der Waals surface area contributed by atoms with E-state index >= 15 is 0 Å². The molecule has 1 amide bonds. The van der Waals surface area contributed by atoms with Crippen LogP contribution in [0.5, 0.6) is 0 Å². The zero-order valence-corrected chi connectivity index (χ0v) is 10.7. The Hall–Kier alpha value is -0.870. The lowest BCUT2D eigenvalue weighted by Crippen LogP contribution is -2.63. The second-order valence-corrected chi connectivity index (χ2v) is 5.07. The van der Waals surface area contributed by atoms with E-state index in [2.05, 4.69) is 15.9 Å². The molecule has 1 aromatic carbocycles. The summed E-state index contributed by atoms with van der Waals surface area (Å²) >= 11 is 3.35. The maximum Gasteiger partial charge on any atom is 0.255 e. The van der Waals surface area contributed by atoms with Crippen LogP contribution in [-0.4, -0.2) is 34.6 Å². The maximum absolute atomic E-state index is 12.0. The molecule has 2 rings (SSSR count). The third kappa shape index (κ3) is 1.99. The third-order valence-electron chi connectivity index (χ3n) is 3.02. The maximum atomic E-state index is 12.0. The van der Waals surface area contributed by atoms with Gasteiger partial charge < -0.3 is 10.0 Å². The molecule has 3 nitrogen and oxygen atoms in total. The first kappa shape index (κ1) is 11.6. The third-order valence-corrected chi connectivity index (χ3v) is 3.71. The number of benzene rings is 1. The summed E-state index contributed by atoms with van der Waals surface area (Å²) in [5.74, 6) is -0.0226. The molecular weight excluding hydrogens is 270 g/mol. The van der Waals surface area contributed by atoms with E-state index in [9.17, 15) is 9.90 Å². The van der Waals surface area contributed by atoms with Gasteiger partial charge in [0.05, 0.1) is 24.3 Å². The van der Waals surface area contributed by atoms with Gasteiger partial charge in [-0.15, -0.1) is 0 Å². The summed E-state index contributed by atoms with van der Waals surface area (Å²) in [7, 11) is 0. The lowest BCUT2D eigenvalue weighted by molar-refractivity contribution is -0.0826. The number of likely N-dealkylation sites (tertiary alicyclic amines) is 1. The molecule has 1 heterocycles. The second-order valence-electron chi connectivity index (χ2n) is 4.22. The van der Waals surface area contributed by atoms with E-state index in [0.717, 1.165) is 4.47 Å². The van der Waals surface area contributed by atoms with Crippen LogP contribution in [0.2, 0.25) is 0 Å². The zero-order chi connectivity index (χ0) is 11.8. The molecule has 1 fully saturated rings. The topological polar surface area (TPSA) is 40.5 Å². The van der Waals surface area contributed by atoms with Crippen molar-refractivity contribution in [3.05, 3.63) is 34.3 Å². The van der Waals surface area contributed by atoms with Gasteiger partial charge in [0.15, 0.2) is 0 Å². The summed E-state index contributed by atoms with van der Waals surface area (Å²) in [6.07, 6.45) is 0.687. The quantitative estimate of drug-likeness (QED) is 0.903. The monoisotopic (exact) mass is 283 g/mol. The fourth-order valence-corrected chi connectivity index (χ4v) is 2.29. The van der Waals surface area contributed by atoms with Crippen LogP contribution in [-0.2, 0) is 0 Å². The number of β-amino-alcohol motifs (C(OH)–C–C–N with tert-alkyl or cyclic N) is 1. The standard InChI is InChI=1S/C12H14BrNO2/c1-2-12(16)7-14(8-12)11(15)9-5-3-4-6-10(9)13/h3-6,16H,2,7-8H2,1H3. The molecule has 0 unspecified atom stereocenters. The van der Waals surface area contributed by atoms with Gasteiger partial charge >= 0.3 is 0 Å². The Morgan fingerprint density at radius 3 is 2.69 bits per heavy atom. The van der Waals surface area contributed by atoms with Crippen LogP contribution in [0.25, 0.3) is 0 Å². The molecule has 4 heteroatoms. The molecule has 86 valence electrons. The average Bonchev–Trinajstić information content (AvgIpc) is 2.24. The largest absolute Gasteiger partial charge is 0.386 e. The molecule has 0 bridgehead atoms. The van der Waals surface area contributed by atoms with Gasteiger partial charge in [-0.25, -0.2) is 0 Å². The number of nitrogens with zero attached hydrogens (tertiary/aromatic N) is 1. The highest BCUT2D eigenvalue weighted by Crippen LogP contribution is 2.27. The van der Waals surface area contributed by atoms with E-state index in [1.807, 2.05) is 25.1 Å². The fourth-order valence-electron chi connectivity index (χ4n) is 1.84. The predicted octanol–water partition coefficient (Wildman–Crippen LogP) is 2.05. The molecular formula is C12H14BrNO2. The van der Waals surface area contributed by atoms with E-state index in [0.29, 0.717) is 25.1 Å². The van der Waals surface area contributed by atoms with E-state index in [-0.39, 0.29) is 5.91 Å². The number of amides is 1. The number of hydrogen-bond donors (Lipinski definition) is 1. The zero-order valence-electron chi connectivity index (χ0n) is 9.11. The Morgan fingerprint density at radius 2 is 2.12 bits per heavy atom. The summed E-state index contributed by atoms with van der Waals surface area (Å²) in [6, 6.07) is 7.35. The van der Waals surface area contributed by atoms with Gasteiger partial charge in [0.1, 0.15) is 0 Å². The summed E-state index contributed by atoms with van der Waals surface area (Å²) < 4.78 is 0.798. The molecule has 1 aliphatic rings. The van der Waals surface area contributed by atoms with Crippen molar-refractivity contribution in [2.75, 3.05) is 13.1 Å². The normalized spacial score (nSPS) is 18.1. The van der Waals surface area contributed by atoms with Crippen molar-refractivity contribution in [3.63, 3.8) is 0 Å². The van der Waals surface area contributed by atoms with Crippen LogP contribution >= 0.6 is 15.9 Å². The second kappa shape index (κ2) is 4.18. The number of carbonyl (C=O) groups is 1. The van der Waals surface area contributed by atoms with E-state index < -0.39 is 5.60 Å². The highest BCUT2D eigenvalue weighted by molar-refractivity contribution is 9.10. The lowest BCUT2D eigenvalue weighted by Gasteiger charge is -2.46. The smallest absolute Gasteiger partial charge is 0.255 e. The van der Waals surface area contributed by atoms with Gasteiger partial charge in [-0.2, -0.15) is 0 Å². The van der Waals surface area contributed by atoms with Gasteiger partial charge in [0.25, 0.3) is 5.91 Å². The van der Waals surface area contributed by atoms with E-state index in [1.54, 1.807) is 11.0 Å². The lowest BCUT2D eigenvalue weighted by atomic mass is 9.90. The Labute approximate surface area is 103 Å². The van der Waals surface area contributed by atoms with Crippen molar-refractivity contribution in [1.29, 1.82) is 0 Å². The number of aliphatic hydroxyl groups is 1. The van der Waals surface area contributed by atoms with E-state index in [4.69, 9.17) is 0 Å². The van der Waals surface area contributed by atoms with Crippen LogP contribution in [0.4, 0.5) is 0 Å². The molecule has 16 heavy (non-hydrogen) atoms. The molecule has 1 aromatic rings. The molecule has 0 saturated carbocycles. The van der Waals surface area contributed by atoms with Gasteiger partial charge in [-0.1, -0.05) is 19.1 Å². The minimum atomic E-state index is -0.670.